The molecule has 0 unspecified atom stereocenters. The second-order valence-electron chi connectivity index (χ2n) is 8.21. The molecule has 0 bridgehead atoms. The van der Waals surface area contributed by atoms with Crippen LogP contribution in [0.3, 0.4) is 0 Å². The molecule has 1 fully saturated rings. The van der Waals surface area contributed by atoms with Crippen LogP contribution in [0.2, 0.25) is 5.02 Å². The molecular weight excluding hydrogens is 468 g/mol. The number of amides is 1. The summed E-state index contributed by atoms with van der Waals surface area (Å²) in [7, 11) is 0. The minimum absolute atomic E-state index is 0.0593. The highest BCUT2D eigenvalue weighted by Gasteiger charge is 2.23. The van der Waals surface area contributed by atoms with Crippen LogP contribution < -0.4 is 10.2 Å². The predicted molar refractivity (Wildman–Crippen MR) is 135 cm³/mol. The van der Waals surface area contributed by atoms with E-state index < -0.39 is 5.97 Å². The standard InChI is InChI=1S/C26H29ClN4O4/c1-2-34-26(33)23-24(35-18-29-23)21-9-3-4-10-22(21)25(32)28-11-6-12-30-13-15-31(16-14-30)20-8-5-7-19(27)17-20/h3-5,7-10,17-18H,2,6,11-16H2,1H3,(H,28,32). The van der Waals surface area contributed by atoms with Crippen LogP contribution in [0.5, 0.6) is 0 Å². The largest absolute Gasteiger partial charge is 0.461 e. The summed E-state index contributed by atoms with van der Waals surface area (Å²) in [6.07, 6.45) is 2.02. The second-order valence-corrected chi connectivity index (χ2v) is 8.65. The molecule has 0 saturated carbocycles. The molecule has 0 spiro atoms. The Morgan fingerprint density at radius 2 is 1.91 bits per heavy atom. The van der Waals surface area contributed by atoms with E-state index in [1.807, 2.05) is 18.2 Å². The first kappa shape index (κ1) is 24.8. The third-order valence-corrected chi connectivity index (χ3v) is 6.17. The maximum absolute atomic E-state index is 12.9. The van der Waals surface area contributed by atoms with Gasteiger partial charge in [0.05, 0.1) is 12.2 Å². The molecule has 1 amide bonds. The molecule has 8 nitrogen and oxygen atoms in total. The molecule has 0 radical (unpaired) electrons. The van der Waals surface area contributed by atoms with E-state index in [4.69, 9.17) is 20.8 Å². The van der Waals surface area contributed by atoms with E-state index in [1.54, 1.807) is 31.2 Å². The summed E-state index contributed by atoms with van der Waals surface area (Å²) in [6.45, 7) is 7.21. The zero-order valence-corrected chi connectivity index (χ0v) is 20.5. The molecule has 1 aromatic heterocycles. The van der Waals surface area contributed by atoms with Gasteiger partial charge in [-0.15, -0.1) is 0 Å². The lowest BCUT2D eigenvalue weighted by Crippen LogP contribution is -2.47. The third-order valence-electron chi connectivity index (χ3n) is 5.93. The van der Waals surface area contributed by atoms with Crippen molar-refractivity contribution in [3.8, 4) is 11.3 Å². The number of ether oxygens (including phenoxy) is 1. The summed E-state index contributed by atoms with van der Waals surface area (Å²) in [4.78, 5) is 33.9. The maximum atomic E-state index is 12.9. The number of halogens is 1. The molecule has 1 N–H and O–H groups in total. The van der Waals surface area contributed by atoms with E-state index in [2.05, 4.69) is 26.2 Å². The number of aromatic nitrogens is 1. The highest BCUT2D eigenvalue weighted by molar-refractivity contribution is 6.30. The number of rotatable bonds is 9. The van der Waals surface area contributed by atoms with Gasteiger partial charge in [0.2, 0.25) is 0 Å². The Kier molecular flexibility index (Phi) is 8.39. The van der Waals surface area contributed by atoms with Gasteiger partial charge >= 0.3 is 5.97 Å². The lowest BCUT2D eigenvalue weighted by atomic mass is 10.0. The van der Waals surface area contributed by atoms with Crippen LogP contribution in [0, 0.1) is 0 Å². The molecule has 1 aliphatic heterocycles. The molecular formula is C26H29ClN4O4. The number of hydrogen-bond donors (Lipinski definition) is 1. The van der Waals surface area contributed by atoms with Crippen molar-refractivity contribution < 1.29 is 18.7 Å². The van der Waals surface area contributed by atoms with Crippen molar-refractivity contribution in [3.63, 3.8) is 0 Å². The van der Waals surface area contributed by atoms with Gasteiger partial charge in [-0.2, -0.15) is 0 Å². The van der Waals surface area contributed by atoms with Crippen LogP contribution >= 0.6 is 11.6 Å². The predicted octanol–water partition coefficient (Wildman–Crippen LogP) is 4.11. The highest BCUT2D eigenvalue weighted by atomic mass is 35.5. The number of hydrogen-bond acceptors (Lipinski definition) is 7. The van der Waals surface area contributed by atoms with Crippen LogP contribution in [0.4, 0.5) is 5.69 Å². The van der Waals surface area contributed by atoms with Crippen molar-refractivity contribution in [2.45, 2.75) is 13.3 Å². The van der Waals surface area contributed by atoms with Gasteiger partial charge in [0.1, 0.15) is 0 Å². The smallest absolute Gasteiger partial charge is 0.360 e. The monoisotopic (exact) mass is 496 g/mol. The molecule has 9 heteroatoms. The van der Waals surface area contributed by atoms with Gasteiger partial charge in [-0.05, 0) is 44.2 Å². The lowest BCUT2D eigenvalue weighted by Gasteiger charge is -2.36. The summed E-state index contributed by atoms with van der Waals surface area (Å²) in [5.41, 5.74) is 2.14. The molecule has 1 aliphatic rings. The van der Waals surface area contributed by atoms with E-state index in [-0.39, 0.29) is 24.0 Å². The van der Waals surface area contributed by atoms with Crippen LogP contribution in [0.15, 0.2) is 59.3 Å². The molecule has 35 heavy (non-hydrogen) atoms. The molecule has 0 aliphatic carbocycles. The number of esters is 1. The van der Waals surface area contributed by atoms with Gasteiger partial charge in [-0.1, -0.05) is 35.9 Å². The summed E-state index contributed by atoms with van der Waals surface area (Å²) in [5, 5.41) is 3.74. The first-order chi connectivity index (χ1) is 17.1. The molecule has 1 saturated heterocycles. The quantitative estimate of drug-likeness (QED) is 0.352. The van der Waals surface area contributed by atoms with Gasteiger partial charge < -0.3 is 19.4 Å². The van der Waals surface area contributed by atoms with E-state index in [9.17, 15) is 9.59 Å². The lowest BCUT2D eigenvalue weighted by molar-refractivity contribution is 0.0520. The van der Waals surface area contributed by atoms with Crippen molar-refractivity contribution in [2.75, 3.05) is 50.8 Å². The number of carbonyl (C=O) groups is 2. The average molecular weight is 497 g/mol. The Balaban J connectivity index is 1.28. The van der Waals surface area contributed by atoms with E-state index in [1.165, 1.54) is 6.39 Å². The van der Waals surface area contributed by atoms with Crippen molar-refractivity contribution in [3.05, 3.63) is 71.2 Å². The number of carbonyl (C=O) groups excluding carboxylic acids is 2. The molecule has 2 heterocycles. The fourth-order valence-corrected chi connectivity index (χ4v) is 4.35. The summed E-state index contributed by atoms with van der Waals surface area (Å²) in [6, 6.07) is 15.0. The van der Waals surface area contributed by atoms with Gasteiger partial charge in [-0.3, -0.25) is 9.69 Å². The molecule has 0 atom stereocenters. The average Bonchev–Trinajstić information content (AvgIpc) is 3.37. The minimum atomic E-state index is -0.582. The third kappa shape index (κ3) is 6.21. The van der Waals surface area contributed by atoms with Crippen molar-refractivity contribution >= 4 is 29.2 Å². The number of nitrogens with zero attached hydrogens (tertiary/aromatic N) is 3. The fourth-order valence-electron chi connectivity index (χ4n) is 4.16. The number of piperazine rings is 1. The van der Waals surface area contributed by atoms with Crippen LogP contribution in [-0.2, 0) is 4.74 Å². The van der Waals surface area contributed by atoms with E-state index in [0.29, 0.717) is 17.7 Å². The first-order valence-electron chi connectivity index (χ1n) is 11.8. The van der Waals surface area contributed by atoms with Crippen LogP contribution in [-0.4, -0.2) is 67.6 Å². The van der Waals surface area contributed by atoms with E-state index in [0.717, 1.165) is 49.9 Å². The Bertz CT molecular complexity index is 1160. The van der Waals surface area contributed by atoms with Gasteiger partial charge in [-0.25, -0.2) is 9.78 Å². The Labute approximate surface area is 209 Å². The Morgan fingerprint density at radius 3 is 2.69 bits per heavy atom. The normalized spacial score (nSPS) is 14.1. The number of nitrogens with one attached hydrogen (secondary N) is 1. The zero-order valence-electron chi connectivity index (χ0n) is 19.7. The molecule has 184 valence electrons. The summed E-state index contributed by atoms with van der Waals surface area (Å²) in [5.74, 6) is -0.578. The number of anilines is 1. The second kappa shape index (κ2) is 11.9. The Hall–Kier alpha value is -3.36. The minimum Gasteiger partial charge on any atom is -0.461 e. The first-order valence-corrected chi connectivity index (χ1v) is 12.2. The highest BCUT2D eigenvalue weighted by Crippen LogP contribution is 2.27. The van der Waals surface area contributed by atoms with Crippen molar-refractivity contribution in [2.24, 2.45) is 0 Å². The fraction of sp³-hybridized carbons (Fsp3) is 0.346. The number of oxazole rings is 1. The summed E-state index contributed by atoms with van der Waals surface area (Å²) < 4.78 is 10.5. The molecule has 2 aromatic carbocycles. The zero-order chi connectivity index (χ0) is 24.6. The van der Waals surface area contributed by atoms with Crippen LogP contribution in [0.25, 0.3) is 11.3 Å². The van der Waals surface area contributed by atoms with Gasteiger partial charge in [0.25, 0.3) is 5.91 Å². The van der Waals surface area contributed by atoms with Crippen LogP contribution in [0.1, 0.15) is 34.2 Å². The maximum Gasteiger partial charge on any atom is 0.360 e. The Morgan fingerprint density at radius 1 is 1.11 bits per heavy atom. The topological polar surface area (TPSA) is 87.9 Å². The SMILES string of the molecule is CCOC(=O)c1ncoc1-c1ccccc1C(=O)NCCCN1CCN(c2cccc(Cl)c2)CC1. The number of benzene rings is 2. The molecule has 3 aromatic rings. The van der Waals surface area contributed by atoms with Crippen molar-refractivity contribution in [1.82, 2.24) is 15.2 Å². The van der Waals surface area contributed by atoms with E-state index >= 15 is 0 Å². The van der Waals surface area contributed by atoms with Gasteiger partial charge in [0.15, 0.2) is 17.8 Å². The van der Waals surface area contributed by atoms with Gasteiger partial charge in [0, 0.05) is 49.0 Å². The van der Waals surface area contributed by atoms with Crippen molar-refractivity contribution in [1.29, 1.82) is 0 Å². The summed E-state index contributed by atoms with van der Waals surface area (Å²) >= 11 is 6.12. The molecule has 4 rings (SSSR count).